The van der Waals surface area contributed by atoms with Crippen molar-refractivity contribution in [2.75, 3.05) is 31.5 Å². The molecule has 1 saturated heterocycles. The minimum atomic E-state index is 0.509. The van der Waals surface area contributed by atoms with Crippen LogP contribution in [0.1, 0.15) is 30.4 Å². The first kappa shape index (κ1) is 14.9. The molecule has 0 bridgehead atoms. The predicted molar refractivity (Wildman–Crippen MR) is 86.3 cm³/mol. The van der Waals surface area contributed by atoms with Crippen molar-refractivity contribution in [3.05, 3.63) is 29.3 Å². The molecule has 0 aliphatic carbocycles. The zero-order valence-electron chi connectivity index (χ0n) is 12.7. The topological polar surface area (TPSA) is 53.6 Å². The second kappa shape index (κ2) is 7.29. The van der Waals surface area contributed by atoms with Crippen molar-refractivity contribution in [3.8, 4) is 0 Å². The minimum absolute atomic E-state index is 0.509. The number of aliphatic imine (C=N–C) groups is 1. The van der Waals surface area contributed by atoms with Crippen molar-refractivity contribution < 1.29 is 0 Å². The number of rotatable bonds is 5. The van der Waals surface area contributed by atoms with Gasteiger partial charge in [0, 0.05) is 12.2 Å². The fourth-order valence-electron chi connectivity index (χ4n) is 2.51. The first-order valence-corrected chi connectivity index (χ1v) is 7.52. The molecule has 4 nitrogen and oxygen atoms in total. The van der Waals surface area contributed by atoms with Crippen LogP contribution < -0.4 is 11.1 Å². The first-order valence-electron chi connectivity index (χ1n) is 7.52. The SMILES string of the molecule is Cc1ccc(NC(N)=NCCCN2CCCC2)cc1C. The van der Waals surface area contributed by atoms with Crippen molar-refractivity contribution in [1.82, 2.24) is 4.90 Å². The Labute approximate surface area is 122 Å². The van der Waals surface area contributed by atoms with Crippen LogP contribution in [0.4, 0.5) is 5.69 Å². The van der Waals surface area contributed by atoms with Crippen molar-refractivity contribution >= 4 is 11.6 Å². The van der Waals surface area contributed by atoms with E-state index in [9.17, 15) is 0 Å². The predicted octanol–water partition coefficient (Wildman–Crippen LogP) is 2.52. The molecule has 0 amide bonds. The van der Waals surface area contributed by atoms with Crippen molar-refractivity contribution in [2.45, 2.75) is 33.1 Å². The lowest BCUT2D eigenvalue weighted by Gasteiger charge is -2.13. The van der Waals surface area contributed by atoms with Gasteiger partial charge in [-0.05, 0) is 76.0 Å². The van der Waals surface area contributed by atoms with E-state index in [0.29, 0.717) is 5.96 Å². The number of likely N-dealkylation sites (tertiary alicyclic amines) is 1. The highest BCUT2D eigenvalue weighted by atomic mass is 15.1. The third-order valence-corrected chi connectivity index (χ3v) is 3.89. The number of nitrogens with one attached hydrogen (secondary N) is 1. The van der Waals surface area contributed by atoms with E-state index in [2.05, 4.69) is 41.2 Å². The van der Waals surface area contributed by atoms with Crippen LogP contribution in [0, 0.1) is 13.8 Å². The molecule has 0 atom stereocenters. The summed E-state index contributed by atoms with van der Waals surface area (Å²) in [5.74, 6) is 0.509. The zero-order chi connectivity index (χ0) is 14.4. The molecule has 4 heteroatoms. The summed E-state index contributed by atoms with van der Waals surface area (Å²) >= 11 is 0. The van der Waals surface area contributed by atoms with Crippen LogP contribution in [0.25, 0.3) is 0 Å². The second-order valence-corrected chi connectivity index (χ2v) is 5.59. The summed E-state index contributed by atoms with van der Waals surface area (Å²) in [5, 5.41) is 3.15. The number of nitrogens with two attached hydrogens (primary N) is 1. The number of nitrogens with zero attached hydrogens (tertiary/aromatic N) is 2. The molecule has 0 spiro atoms. The molecule has 1 aliphatic heterocycles. The molecular weight excluding hydrogens is 248 g/mol. The number of guanidine groups is 1. The van der Waals surface area contributed by atoms with Crippen LogP contribution >= 0.6 is 0 Å². The van der Waals surface area contributed by atoms with E-state index in [-0.39, 0.29) is 0 Å². The van der Waals surface area contributed by atoms with E-state index in [0.717, 1.165) is 25.2 Å². The summed E-state index contributed by atoms with van der Waals surface area (Å²) < 4.78 is 0. The highest BCUT2D eigenvalue weighted by molar-refractivity contribution is 5.92. The Morgan fingerprint density at radius 2 is 2.00 bits per heavy atom. The summed E-state index contributed by atoms with van der Waals surface area (Å²) in [5.41, 5.74) is 9.47. The van der Waals surface area contributed by atoms with Crippen LogP contribution in [0.3, 0.4) is 0 Å². The average molecular weight is 274 g/mol. The Bertz CT molecular complexity index is 462. The van der Waals surface area contributed by atoms with Gasteiger partial charge < -0.3 is 16.0 Å². The highest BCUT2D eigenvalue weighted by Gasteiger charge is 2.09. The fourth-order valence-corrected chi connectivity index (χ4v) is 2.51. The Morgan fingerprint density at radius 1 is 1.25 bits per heavy atom. The quantitative estimate of drug-likeness (QED) is 0.493. The van der Waals surface area contributed by atoms with Gasteiger partial charge in [0.25, 0.3) is 0 Å². The van der Waals surface area contributed by atoms with E-state index in [1.165, 1.54) is 37.1 Å². The molecule has 0 unspecified atom stereocenters. The van der Waals surface area contributed by atoms with Crippen molar-refractivity contribution in [2.24, 2.45) is 10.7 Å². The van der Waals surface area contributed by atoms with E-state index < -0.39 is 0 Å². The zero-order valence-corrected chi connectivity index (χ0v) is 12.7. The smallest absolute Gasteiger partial charge is 0.193 e. The van der Waals surface area contributed by atoms with Crippen LogP contribution in [-0.2, 0) is 0 Å². The molecule has 110 valence electrons. The summed E-state index contributed by atoms with van der Waals surface area (Å²) in [6, 6.07) is 6.23. The fraction of sp³-hybridized carbons (Fsp3) is 0.562. The van der Waals surface area contributed by atoms with Gasteiger partial charge in [-0.2, -0.15) is 0 Å². The van der Waals surface area contributed by atoms with Gasteiger partial charge in [-0.3, -0.25) is 4.99 Å². The van der Waals surface area contributed by atoms with Crippen LogP contribution in [0.5, 0.6) is 0 Å². The number of benzene rings is 1. The van der Waals surface area contributed by atoms with Crippen LogP contribution in [-0.4, -0.2) is 37.0 Å². The lowest BCUT2D eigenvalue weighted by atomic mass is 10.1. The monoisotopic (exact) mass is 274 g/mol. The molecule has 20 heavy (non-hydrogen) atoms. The Balaban J connectivity index is 1.73. The van der Waals surface area contributed by atoms with Crippen molar-refractivity contribution in [1.29, 1.82) is 0 Å². The molecular formula is C16H26N4. The maximum atomic E-state index is 5.91. The molecule has 0 saturated carbocycles. The van der Waals surface area contributed by atoms with E-state index in [1.54, 1.807) is 0 Å². The molecule has 0 aromatic heterocycles. The van der Waals surface area contributed by atoms with E-state index in [4.69, 9.17) is 5.73 Å². The summed E-state index contributed by atoms with van der Waals surface area (Å²) in [4.78, 5) is 6.89. The van der Waals surface area contributed by atoms with Crippen LogP contribution in [0.2, 0.25) is 0 Å². The van der Waals surface area contributed by atoms with Gasteiger partial charge >= 0.3 is 0 Å². The number of hydrogen-bond acceptors (Lipinski definition) is 2. The van der Waals surface area contributed by atoms with Gasteiger partial charge in [0.2, 0.25) is 0 Å². The van der Waals surface area contributed by atoms with Gasteiger partial charge in [-0.25, -0.2) is 0 Å². The molecule has 1 aromatic rings. The average Bonchev–Trinajstić information content (AvgIpc) is 2.92. The minimum Gasteiger partial charge on any atom is -0.370 e. The molecule has 1 aliphatic rings. The first-order chi connectivity index (χ1) is 9.65. The lowest BCUT2D eigenvalue weighted by molar-refractivity contribution is 0.336. The van der Waals surface area contributed by atoms with Gasteiger partial charge in [-0.1, -0.05) is 6.07 Å². The standard InChI is InChI=1S/C16H26N4/c1-13-6-7-15(12-14(13)2)19-16(17)18-8-5-11-20-9-3-4-10-20/h6-7,12H,3-5,8-11H2,1-2H3,(H3,17,18,19). The number of anilines is 1. The largest absolute Gasteiger partial charge is 0.370 e. The summed E-state index contributed by atoms with van der Waals surface area (Å²) in [6.07, 6.45) is 3.77. The lowest BCUT2D eigenvalue weighted by Crippen LogP contribution is -2.24. The normalized spacial score (nSPS) is 16.6. The molecule has 2 rings (SSSR count). The van der Waals surface area contributed by atoms with E-state index >= 15 is 0 Å². The van der Waals surface area contributed by atoms with E-state index in [1.807, 2.05) is 6.07 Å². The number of hydrogen-bond donors (Lipinski definition) is 2. The van der Waals surface area contributed by atoms with Crippen LogP contribution in [0.15, 0.2) is 23.2 Å². The number of aryl methyl sites for hydroxylation is 2. The molecule has 1 heterocycles. The van der Waals surface area contributed by atoms with Crippen molar-refractivity contribution in [3.63, 3.8) is 0 Å². The molecule has 1 aromatic carbocycles. The Kier molecular flexibility index (Phi) is 5.41. The van der Waals surface area contributed by atoms with Gasteiger partial charge in [-0.15, -0.1) is 0 Å². The summed E-state index contributed by atoms with van der Waals surface area (Å²) in [7, 11) is 0. The van der Waals surface area contributed by atoms with Gasteiger partial charge in [0.15, 0.2) is 5.96 Å². The maximum absolute atomic E-state index is 5.91. The highest BCUT2D eigenvalue weighted by Crippen LogP contribution is 2.13. The third-order valence-electron chi connectivity index (χ3n) is 3.89. The second-order valence-electron chi connectivity index (χ2n) is 5.59. The maximum Gasteiger partial charge on any atom is 0.193 e. The van der Waals surface area contributed by atoms with Gasteiger partial charge in [0.05, 0.1) is 0 Å². The Hall–Kier alpha value is -1.55. The van der Waals surface area contributed by atoms with Gasteiger partial charge in [0.1, 0.15) is 0 Å². The molecule has 0 radical (unpaired) electrons. The molecule has 3 N–H and O–H groups in total. The Morgan fingerprint density at radius 3 is 2.70 bits per heavy atom. The molecule has 1 fully saturated rings. The summed E-state index contributed by atoms with van der Waals surface area (Å²) in [6.45, 7) is 8.64. The third kappa shape index (κ3) is 4.53.